The molecule has 0 spiro atoms. The zero-order chi connectivity index (χ0) is 15.2. The number of benzene rings is 1. The van der Waals surface area contributed by atoms with E-state index in [1.54, 1.807) is 24.3 Å². The lowest BCUT2D eigenvalue weighted by atomic mass is 10.1. The first-order valence-corrected chi connectivity index (χ1v) is 6.74. The van der Waals surface area contributed by atoms with Gasteiger partial charge in [-0.15, -0.1) is 0 Å². The van der Waals surface area contributed by atoms with Gasteiger partial charge in [0.1, 0.15) is 11.9 Å². The van der Waals surface area contributed by atoms with Gasteiger partial charge in [0.15, 0.2) is 0 Å². The predicted molar refractivity (Wildman–Crippen MR) is 77.7 cm³/mol. The lowest BCUT2D eigenvalue weighted by molar-refractivity contribution is -0.384. The number of hydrogen-bond acceptors (Lipinski definition) is 5. The van der Waals surface area contributed by atoms with Gasteiger partial charge in [-0.25, -0.2) is 0 Å². The standard InChI is InChI=1S/C15H18N2O4/c1-11(8-14(18)15-6-3-7-21-15)16-10-12-4-2-5-13(9-12)17(19)20/h2-7,9,11,14,16,18H,8,10H2,1H3. The molecule has 1 heterocycles. The highest BCUT2D eigenvalue weighted by Crippen LogP contribution is 2.19. The minimum atomic E-state index is -0.660. The van der Waals surface area contributed by atoms with E-state index in [4.69, 9.17) is 4.42 Å². The van der Waals surface area contributed by atoms with Gasteiger partial charge in [-0.2, -0.15) is 0 Å². The fourth-order valence-electron chi connectivity index (χ4n) is 2.09. The maximum atomic E-state index is 10.7. The normalized spacial score (nSPS) is 13.8. The molecule has 0 aliphatic rings. The van der Waals surface area contributed by atoms with Crippen LogP contribution >= 0.6 is 0 Å². The monoisotopic (exact) mass is 290 g/mol. The minimum absolute atomic E-state index is 0.0457. The Morgan fingerprint density at radius 2 is 2.19 bits per heavy atom. The van der Waals surface area contributed by atoms with E-state index >= 15 is 0 Å². The number of rotatable bonds is 7. The summed E-state index contributed by atoms with van der Waals surface area (Å²) >= 11 is 0. The third kappa shape index (κ3) is 4.40. The van der Waals surface area contributed by atoms with Crippen LogP contribution in [0.4, 0.5) is 5.69 Å². The summed E-state index contributed by atoms with van der Waals surface area (Å²) < 4.78 is 5.15. The summed E-state index contributed by atoms with van der Waals surface area (Å²) in [6.45, 7) is 2.46. The average Bonchev–Trinajstić information content (AvgIpc) is 2.99. The molecule has 1 aromatic carbocycles. The molecule has 2 rings (SSSR count). The molecule has 6 nitrogen and oxygen atoms in total. The third-order valence-electron chi connectivity index (χ3n) is 3.22. The maximum Gasteiger partial charge on any atom is 0.269 e. The van der Waals surface area contributed by atoms with E-state index in [2.05, 4.69) is 5.32 Å². The highest BCUT2D eigenvalue weighted by atomic mass is 16.6. The molecule has 21 heavy (non-hydrogen) atoms. The second kappa shape index (κ2) is 7.01. The topological polar surface area (TPSA) is 88.5 Å². The van der Waals surface area contributed by atoms with Crippen molar-refractivity contribution in [2.75, 3.05) is 0 Å². The van der Waals surface area contributed by atoms with E-state index < -0.39 is 11.0 Å². The quantitative estimate of drug-likeness (QED) is 0.604. The molecule has 0 aliphatic heterocycles. The van der Waals surface area contributed by atoms with Crippen molar-refractivity contribution in [3.8, 4) is 0 Å². The second-order valence-corrected chi connectivity index (χ2v) is 4.98. The van der Waals surface area contributed by atoms with Crippen LogP contribution in [0.1, 0.15) is 30.8 Å². The lowest BCUT2D eigenvalue weighted by Gasteiger charge is -2.16. The molecule has 2 atom stereocenters. The molecule has 0 radical (unpaired) electrons. The Morgan fingerprint density at radius 3 is 2.86 bits per heavy atom. The zero-order valence-corrected chi connectivity index (χ0v) is 11.7. The van der Waals surface area contributed by atoms with Gasteiger partial charge in [0.05, 0.1) is 11.2 Å². The molecule has 0 fully saturated rings. The Labute approximate surface area is 122 Å². The number of non-ortho nitro benzene ring substituents is 1. The van der Waals surface area contributed by atoms with Crippen LogP contribution in [0.3, 0.4) is 0 Å². The predicted octanol–water partition coefficient (Wildman–Crippen LogP) is 2.79. The average molecular weight is 290 g/mol. The van der Waals surface area contributed by atoms with Gasteiger partial charge in [-0.1, -0.05) is 12.1 Å². The van der Waals surface area contributed by atoms with Gasteiger partial charge in [0.2, 0.25) is 0 Å². The molecule has 0 bridgehead atoms. The first kappa shape index (κ1) is 15.2. The molecule has 1 aromatic heterocycles. The highest BCUT2D eigenvalue weighted by molar-refractivity contribution is 5.34. The van der Waals surface area contributed by atoms with E-state index in [1.807, 2.05) is 13.0 Å². The number of nitrogens with one attached hydrogen (secondary N) is 1. The van der Waals surface area contributed by atoms with Gasteiger partial charge in [-0.05, 0) is 31.0 Å². The molecular formula is C15H18N2O4. The number of nitrogens with zero attached hydrogens (tertiary/aromatic N) is 1. The van der Waals surface area contributed by atoms with E-state index in [1.165, 1.54) is 12.3 Å². The van der Waals surface area contributed by atoms with Gasteiger partial charge >= 0.3 is 0 Å². The van der Waals surface area contributed by atoms with Gasteiger partial charge in [0, 0.05) is 24.7 Å². The van der Waals surface area contributed by atoms with Gasteiger partial charge < -0.3 is 14.8 Å². The van der Waals surface area contributed by atoms with Crippen molar-refractivity contribution in [2.45, 2.75) is 32.0 Å². The Balaban J connectivity index is 1.85. The molecule has 0 amide bonds. The molecule has 6 heteroatoms. The van der Waals surface area contributed by atoms with Crippen molar-refractivity contribution in [3.63, 3.8) is 0 Å². The largest absolute Gasteiger partial charge is 0.467 e. The minimum Gasteiger partial charge on any atom is -0.467 e. The maximum absolute atomic E-state index is 10.7. The molecule has 2 aromatic rings. The first-order chi connectivity index (χ1) is 10.1. The molecular weight excluding hydrogens is 272 g/mol. The van der Waals surface area contributed by atoms with Gasteiger partial charge in [0.25, 0.3) is 5.69 Å². The molecule has 0 aliphatic carbocycles. The summed E-state index contributed by atoms with van der Waals surface area (Å²) in [6.07, 6.45) is 1.37. The number of hydrogen-bond donors (Lipinski definition) is 2. The van der Waals surface area contributed by atoms with Crippen molar-refractivity contribution in [1.82, 2.24) is 5.32 Å². The van der Waals surface area contributed by atoms with Crippen LogP contribution in [0.15, 0.2) is 47.1 Å². The van der Waals surface area contributed by atoms with Crippen molar-refractivity contribution < 1.29 is 14.4 Å². The first-order valence-electron chi connectivity index (χ1n) is 6.74. The number of furan rings is 1. The van der Waals surface area contributed by atoms with E-state index in [9.17, 15) is 15.2 Å². The number of nitro benzene ring substituents is 1. The fraction of sp³-hybridized carbons (Fsp3) is 0.333. The van der Waals surface area contributed by atoms with Crippen molar-refractivity contribution in [1.29, 1.82) is 0 Å². The molecule has 2 N–H and O–H groups in total. The van der Waals surface area contributed by atoms with E-state index in [0.29, 0.717) is 18.7 Å². The van der Waals surface area contributed by atoms with Crippen molar-refractivity contribution in [3.05, 3.63) is 64.1 Å². The van der Waals surface area contributed by atoms with Crippen molar-refractivity contribution >= 4 is 5.69 Å². The Bertz CT molecular complexity index is 583. The fourth-order valence-corrected chi connectivity index (χ4v) is 2.09. The summed E-state index contributed by atoms with van der Waals surface area (Å²) in [7, 11) is 0. The summed E-state index contributed by atoms with van der Waals surface area (Å²) in [4.78, 5) is 10.3. The highest BCUT2D eigenvalue weighted by Gasteiger charge is 2.14. The SMILES string of the molecule is CC(CC(O)c1ccco1)NCc1cccc([N+](=O)[O-])c1. The van der Waals surface area contributed by atoms with Gasteiger partial charge in [-0.3, -0.25) is 10.1 Å². The van der Waals surface area contributed by atoms with Crippen LogP contribution in [0.25, 0.3) is 0 Å². The summed E-state index contributed by atoms with van der Waals surface area (Å²) in [5.74, 6) is 0.541. The smallest absolute Gasteiger partial charge is 0.269 e. The summed E-state index contributed by atoms with van der Waals surface area (Å²) in [6, 6.07) is 10.0. The van der Waals surface area contributed by atoms with E-state index in [0.717, 1.165) is 5.56 Å². The molecule has 112 valence electrons. The Morgan fingerprint density at radius 1 is 1.38 bits per heavy atom. The van der Waals surface area contributed by atoms with Crippen LogP contribution in [0, 0.1) is 10.1 Å². The molecule has 2 unspecified atom stereocenters. The van der Waals surface area contributed by atoms with Crippen LogP contribution in [0.5, 0.6) is 0 Å². The van der Waals surface area contributed by atoms with Crippen LogP contribution < -0.4 is 5.32 Å². The van der Waals surface area contributed by atoms with Crippen LogP contribution in [-0.2, 0) is 6.54 Å². The summed E-state index contributed by atoms with van der Waals surface area (Å²) in [5.41, 5.74) is 0.918. The Kier molecular flexibility index (Phi) is 5.08. The van der Waals surface area contributed by atoms with Crippen molar-refractivity contribution in [2.24, 2.45) is 0 Å². The molecule has 0 saturated heterocycles. The van der Waals surface area contributed by atoms with E-state index in [-0.39, 0.29) is 11.7 Å². The number of aliphatic hydroxyl groups is 1. The lowest BCUT2D eigenvalue weighted by Crippen LogP contribution is -2.27. The van der Waals surface area contributed by atoms with Crippen LogP contribution in [-0.4, -0.2) is 16.1 Å². The Hall–Kier alpha value is -2.18. The second-order valence-electron chi connectivity index (χ2n) is 4.98. The third-order valence-corrected chi connectivity index (χ3v) is 3.22. The number of aliphatic hydroxyl groups excluding tert-OH is 1. The van der Waals surface area contributed by atoms with Crippen LogP contribution in [0.2, 0.25) is 0 Å². The zero-order valence-electron chi connectivity index (χ0n) is 11.7. The molecule has 0 saturated carbocycles. The summed E-state index contributed by atoms with van der Waals surface area (Å²) in [5, 5.41) is 23.9. The number of nitro groups is 1.